The molecule has 1 N–H and O–H groups in total. The number of Topliss-reactive ketones (excluding diaryl/α,β-unsaturated/α-hetero) is 1. The molecule has 0 unspecified atom stereocenters. The summed E-state index contributed by atoms with van der Waals surface area (Å²) in [7, 11) is 2.62. The van der Waals surface area contributed by atoms with Gasteiger partial charge in [0.25, 0.3) is 0 Å². The fraction of sp³-hybridized carbons (Fsp3) is 0.458. The van der Waals surface area contributed by atoms with Crippen molar-refractivity contribution >= 4 is 17.7 Å². The molecule has 34 heavy (non-hydrogen) atoms. The minimum Gasteiger partial charge on any atom is -0.468 e. The average Bonchev–Trinajstić information content (AvgIpc) is 2.77. The number of alkyl halides is 3. The molecule has 1 aliphatic carbocycles. The number of carbonyl (C=O) groups excluding carboxylic acids is 3. The first-order valence-electron chi connectivity index (χ1n) is 10.7. The lowest BCUT2D eigenvalue weighted by Crippen LogP contribution is -2.43. The Labute approximate surface area is 194 Å². The molecule has 0 saturated heterocycles. The van der Waals surface area contributed by atoms with E-state index in [-0.39, 0.29) is 30.3 Å². The van der Waals surface area contributed by atoms with E-state index >= 15 is 0 Å². The van der Waals surface area contributed by atoms with Crippen molar-refractivity contribution in [2.75, 3.05) is 27.4 Å². The first-order valence-corrected chi connectivity index (χ1v) is 10.7. The van der Waals surface area contributed by atoms with Crippen molar-refractivity contribution in [3.05, 3.63) is 57.9 Å². The van der Waals surface area contributed by atoms with E-state index in [4.69, 9.17) is 14.2 Å². The predicted molar refractivity (Wildman–Crippen MR) is 114 cm³/mol. The van der Waals surface area contributed by atoms with Gasteiger partial charge >= 0.3 is 18.1 Å². The van der Waals surface area contributed by atoms with E-state index in [2.05, 4.69) is 5.32 Å². The van der Waals surface area contributed by atoms with Crippen molar-refractivity contribution in [1.29, 1.82) is 0 Å². The van der Waals surface area contributed by atoms with Gasteiger partial charge in [0.15, 0.2) is 5.78 Å². The van der Waals surface area contributed by atoms with Crippen molar-refractivity contribution in [3.8, 4) is 0 Å². The third kappa shape index (κ3) is 4.86. The summed E-state index contributed by atoms with van der Waals surface area (Å²) in [5.74, 6) is -4.45. The van der Waals surface area contributed by atoms with Gasteiger partial charge in [-0.3, -0.25) is 9.59 Å². The van der Waals surface area contributed by atoms with Crippen LogP contribution >= 0.6 is 0 Å². The molecule has 3 rings (SSSR count). The van der Waals surface area contributed by atoms with E-state index in [0.29, 0.717) is 23.4 Å². The Kier molecular flexibility index (Phi) is 7.50. The first kappa shape index (κ1) is 25.5. The fourth-order valence-electron chi connectivity index (χ4n) is 4.44. The molecule has 2 aliphatic rings. The van der Waals surface area contributed by atoms with Gasteiger partial charge in [0.2, 0.25) is 0 Å². The molecule has 0 spiro atoms. The number of hydrogen-bond donors (Lipinski definition) is 1. The second kappa shape index (κ2) is 10.0. The number of esters is 2. The van der Waals surface area contributed by atoms with Crippen LogP contribution in [0.25, 0.3) is 0 Å². The van der Waals surface area contributed by atoms with E-state index in [0.717, 1.165) is 12.1 Å². The Balaban J connectivity index is 2.13. The molecule has 0 saturated carbocycles. The molecule has 1 aliphatic heterocycles. The normalized spacial score (nSPS) is 22.8. The molecule has 0 bridgehead atoms. The van der Waals surface area contributed by atoms with Crippen molar-refractivity contribution < 1.29 is 41.8 Å². The molecular weight excluding hydrogens is 455 g/mol. The van der Waals surface area contributed by atoms with Gasteiger partial charge in [-0.1, -0.05) is 19.1 Å². The second-order valence-electron chi connectivity index (χ2n) is 8.28. The lowest BCUT2D eigenvalue weighted by Gasteiger charge is -2.38. The molecule has 1 heterocycles. The Bertz CT molecular complexity index is 1040. The summed E-state index contributed by atoms with van der Waals surface area (Å²) in [6.07, 6.45) is -4.22. The summed E-state index contributed by atoms with van der Waals surface area (Å²) in [5.41, 5.74) is 0.613. The highest BCUT2D eigenvalue weighted by atomic mass is 19.4. The maximum Gasteiger partial charge on any atom is 0.416 e. The number of halogens is 3. The first-order chi connectivity index (χ1) is 16.0. The monoisotopic (exact) mass is 481 g/mol. The third-order valence-corrected chi connectivity index (χ3v) is 6.05. The second-order valence-corrected chi connectivity index (χ2v) is 8.28. The van der Waals surface area contributed by atoms with Crippen molar-refractivity contribution in [2.24, 2.45) is 11.8 Å². The lowest BCUT2D eigenvalue weighted by atomic mass is 9.69. The van der Waals surface area contributed by atoms with Gasteiger partial charge in [-0.25, -0.2) is 4.79 Å². The van der Waals surface area contributed by atoms with Gasteiger partial charge < -0.3 is 19.5 Å². The SMILES string of the molecule is COCCOC(=O)C1=C(C)NC2=C(C(=O)[C@H](C(=O)OC)[C@H](C)C2)[C@H]1c1ccc(C(F)(F)F)cc1. The highest BCUT2D eigenvalue weighted by Crippen LogP contribution is 2.45. The molecule has 0 fully saturated rings. The molecule has 1 aromatic rings. The number of ether oxygens (including phenoxy) is 3. The van der Waals surface area contributed by atoms with Crippen LogP contribution in [0.15, 0.2) is 46.8 Å². The van der Waals surface area contributed by atoms with Gasteiger partial charge in [-0.2, -0.15) is 13.2 Å². The molecule has 0 amide bonds. The molecule has 10 heteroatoms. The number of dihydropyridines is 1. The van der Waals surface area contributed by atoms with E-state index in [1.165, 1.54) is 26.4 Å². The van der Waals surface area contributed by atoms with Gasteiger partial charge in [-0.15, -0.1) is 0 Å². The van der Waals surface area contributed by atoms with Crippen LogP contribution in [-0.4, -0.2) is 45.2 Å². The maximum atomic E-state index is 13.5. The Morgan fingerprint density at radius 3 is 2.32 bits per heavy atom. The topological polar surface area (TPSA) is 90.9 Å². The average molecular weight is 481 g/mol. The standard InChI is InChI=1S/C24H26F3NO6/c1-12-11-16-20(21(29)17(12)22(30)33-4)19(14-5-7-15(8-6-14)24(25,26)27)18(13(2)28-16)23(31)34-10-9-32-3/h5-8,12,17,19,28H,9-11H2,1-4H3/t12-,17-,19+/m1/s1. The van der Waals surface area contributed by atoms with Gasteiger partial charge in [-0.05, 0) is 37.0 Å². The van der Waals surface area contributed by atoms with E-state index in [1.807, 2.05) is 0 Å². The zero-order valence-corrected chi connectivity index (χ0v) is 19.2. The number of rotatable bonds is 6. The minimum atomic E-state index is -4.54. The van der Waals surface area contributed by atoms with E-state index in [1.54, 1.807) is 13.8 Å². The van der Waals surface area contributed by atoms with Crippen LogP contribution < -0.4 is 5.32 Å². The Hall–Kier alpha value is -3.14. The number of hydrogen-bond acceptors (Lipinski definition) is 7. The summed E-state index contributed by atoms with van der Waals surface area (Å²) < 4.78 is 54.4. The number of nitrogens with one attached hydrogen (secondary N) is 1. The van der Waals surface area contributed by atoms with Crippen LogP contribution in [0.2, 0.25) is 0 Å². The highest BCUT2D eigenvalue weighted by molar-refractivity contribution is 6.12. The summed E-state index contributed by atoms with van der Waals surface area (Å²) in [6, 6.07) is 4.26. The van der Waals surface area contributed by atoms with Crippen molar-refractivity contribution in [3.63, 3.8) is 0 Å². The quantitative estimate of drug-likeness (QED) is 0.378. The Morgan fingerprint density at radius 2 is 1.76 bits per heavy atom. The molecule has 3 atom stereocenters. The highest BCUT2D eigenvalue weighted by Gasteiger charge is 2.47. The Morgan fingerprint density at radius 1 is 1.12 bits per heavy atom. The van der Waals surface area contributed by atoms with E-state index in [9.17, 15) is 27.6 Å². The summed E-state index contributed by atoms with van der Waals surface area (Å²) in [5, 5.41) is 3.09. The fourth-order valence-corrected chi connectivity index (χ4v) is 4.44. The summed E-state index contributed by atoms with van der Waals surface area (Å²) in [6.45, 7) is 3.47. The molecule has 1 aromatic carbocycles. The number of benzene rings is 1. The summed E-state index contributed by atoms with van der Waals surface area (Å²) in [4.78, 5) is 39.0. The molecular formula is C24H26F3NO6. The number of carbonyl (C=O) groups is 3. The number of allylic oxidation sites excluding steroid dienone is 3. The smallest absolute Gasteiger partial charge is 0.416 e. The van der Waals surface area contributed by atoms with Crippen LogP contribution in [0.4, 0.5) is 13.2 Å². The maximum absolute atomic E-state index is 13.5. The molecule has 0 aromatic heterocycles. The lowest BCUT2D eigenvalue weighted by molar-refractivity contribution is -0.151. The van der Waals surface area contributed by atoms with E-state index < -0.39 is 41.3 Å². The van der Waals surface area contributed by atoms with Gasteiger partial charge in [0.1, 0.15) is 12.5 Å². The number of methoxy groups -OCH3 is 2. The zero-order chi connectivity index (χ0) is 25.2. The van der Waals surface area contributed by atoms with Gasteiger partial charge in [0.05, 0.1) is 24.9 Å². The van der Waals surface area contributed by atoms with Crippen LogP contribution in [0.1, 0.15) is 37.3 Å². The van der Waals surface area contributed by atoms with Crippen molar-refractivity contribution in [1.82, 2.24) is 5.32 Å². The molecule has 0 radical (unpaired) electrons. The third-order valence-electron chi connectivity index (χ3n) is 6.05. The van der Waals surface area contributed by atoms with Crippen LogP contribution in [-0.2, 0) is 34.8 Å². The van der Waals surface area contributed by atoms with Crippen LogP contribution in [0.3, 0.4) is 0 Å². The zero-order valence-electron chi connectivity index (χ0n) is 19.2. The van der Waals surface area contributed by atoms with Gasteiger partial charge in [0, 0.05) is 30.0 Å². The number of ketones is 1. The predicted octanol–water partition coefficient (Wildman–Crippen LogP) is 3.51. The summed E-state index contributed by atoms with van der Waals surface area (Å²) >= 11 is 0. The van der Waals surface area contributed by atoms with Crippen molar-refractivity contribution in [2.45, 2.75) is 32.4 Å². The minimum absolute atomic E-state index is 0.0481. The largest absolute Gasteiger partial charge is 0.468 e. The van der Waals surface area contributed by atoms with Crippen LogP contribution in [0.5, 0.6) is 0 Å². The molecule has 184 valence electrons. The molecule has 7 nitrogen and oxygen atoms in total. The van der Waals surface area contributed by atoms with Crippen LogP contribution in [0, 0.1) is 11.8 Å².